The summed E-state index contributed by atoms with van der Waals surface area (Å²) in [5, 5.41) is 14.7. The van der Waals surface area contributed by atoms with Crippen LogP contribution in [0.2, 0.25) is 10.0 Å². The second-order valence-electron chi connectivity index (χ2n) is 15.3. The normalized spacial score (nSPS) is 22.5. The van der Waals surface area contributed by atoms with Crippen LogP contribution in [0.4, 0.5) is 0 Å². The van der Waals surface area contributed by atoms with E-state index in [1.807, 2.05) is 65.4 Å². The number of benzene rings is 3. The van der Waals surface area contributed by atoms with Gasteiger partial charge in [0.05, 0.1) is 47.5 Å². The second-order valence-corrected chi connectivity index (χ2v) is 16.1. The Morgan fingerprint density at radius 1 is 0.860 bits per heavy atom. The number of piperidine rings is 1. The van der Waals surface area contributed by atoms with Crippen molar-refractivity contribution >= 4 is 47.2 Å². The van der Waals surface area contributed by atoms with Gasteiger partial charge in [-0.3, -0.25) is 24.7 Å². The minimum atomic E-state index is -0.683. The molecule has 0 spiro atoms. The lowest BCUT2D eigenvalue weighted by atomic mass is 9.71. The van der Waals surface area contributed by atoms with Gasteiger partial charge in [0.2, 0.25) is 5.91 Å². The zero-order chi connectivity index (χ0) is 40.0. The summed E-state index contributed by atoms with van der Waals surface area (Å²) in [6.45, 7) is 8.32. The van der Waals surface area contributed by atoms with E-state index in [4.69, 9.17) is 32.7 Å². The van der Waals surface area contributed by atoms with Crippen LogP contribution in [0.3, 0.4) is 0 Å². The van der Waals surface area contributed by atoms with E-state index in [0.717, 1.165) is 49.2 Å². The summed E-state index contributed by atoms with van der Waals surface area (Å²) in [5.74, 6) is 0.169. The monoisotopic (exact) mass is 816 g/mol. The van der Waals surface area contributed by atoms with Crippen LogP contribution in [0, 0.1) is 0 Å². The number of hydrogen-bond acceptors (Lipinski definition) is 11. The number of carbonyl (C=O) groups excluding carboxylic acids is 3. The highest BCUT2D eigenvalue weighted by Crippen LogP contribution is 2.43. The van der Waals surface area contributed by atoms with Crippen molar-refractivity contribution in [2.45, 2.75) is 49.5 Å². The molecule has 0 aromatic heterocycles. The summed E-state index contributed by atoms with van der Waals surface area (Å²) in [5.41, 5.74) is 5.56. The van der Waals surface area contributed by atoms with Crippen LogP contribution >= 0.6 is 23.2 Å². The number of nitrogens with zero attached hydrogens (tertiary/aromatic N) is 7. The zero-order valence-corrected chi connectivity index (χ0v) is 34.1. The molecule has 57 heavy (non-hydrogen) atoms. The first-order valence-electron chi connectivity index (χ1n) is 19.7. The standard InChI is InChI=1S/C42H50Cl2N8O5/c1-3-57-38(53)28-50-21-23-52(24-22-50)47-40(55)42(31-7-5-4-6-8-31)15-18-49(19-16-42)17-13-41(32-10-11-34(43)35(44)26-32)14-20-51(29-41)39(54)33-25-30(9-12-37(33)56-2)36-27-45-48-46-36/h4-12,25-27,36H,3,13-24,28-29H2,1-2H3,(H,47,55). The van der Waals surface area contributed by atoms with Crippen LogP contribution in [0.25, 0.3) is 0 Å². The average molecular weight is 818 g/mol. The van der Waals surface area contributed by atoms with E-state index in [9.17, 15) is 14.4 Å². The van der Waals surface area contributed by atoms with Gasteiger partial charge in [-0.25, -0.2) is 5.01 Å². The molecule has 15 heteroatoms. The summed E-state index contributed by atoms with van der Waals surface area (Å²) >= 11 is 13.0. The van der Waals surface area contributed by atoms with Crippen molar-refractivity contribution in [3.63, 3.8) is 0 Å². The van der Waals surface area contributed by atoms with Crippen molar-refractivity contribution in [2.24, 2.45) is 15.4 Å². The maximum atomic E-state index is 14.3. The Morgan fingerprint density at radius 3 is 2.32 bits per heavy atom. The molecule has 302 valence electrons. The van der Waals surface area contributed by atoms with Gasteiger partial charge >= 0.3 is 5.97 Å². The van der Waals surface area contributed by atoms with Crippen LogP contribution in [0.15, 0.2) is 82.2 Å². The molecule has 3 fully saturated rings. The quantitative estimate of drug-likeness (QED) is 0.211. The van der Waals surface area contributed by atoms with Gasteiger partial charge in [0.15, 0.2) is 0 Å². The molecule has 4 heterocycles. The number of carbonyl (C=O) groups is 3. The number of rotatable bonds is 13. The number of esters is 1. The van der Waals surface area contributed by atoms with Gasteiger partial charge in [0.25, 0.3) is 5.91 Å². The Balaban J connectivity index is 1.04. The third kappa shape index (κ3) is 9.02. The number of hydrazine groups is 1. The van der Waals surface area contributed by atoms with Crippen molar-refractivity contribution in [1.29, 1.82) is 0 Å². The van der Waals surface area contributed by atoms with Crippen molar-refractivity contribution in [2.75, 3.05) is 79.2 Å². The molecule has 3 saturated heterocycles. The summed E-state index contributed by atoms with van der Waals surface area (Å²) in [6.07, 6.45) is 4.51. The van der Waals surface area contributed by atoms with Crippen molar-refractivity contribution in [1.82, 2.24) is 25.1 Å². The van der Waals surface area contributed by atoms with Crippen LogP contribution in [-0.4, -0.2) is 123 Å². The van der Waals surface area contributed by atoms with E-state index in [0.29, 0.717) is 80.1 Å². The number of piperazine rings is 1. The third-order valence-electron chi connectivity index (χ3n) is 12.1. The largest absolute Gasteiger partial charge is 0.496 e. The predicted molar refractivity (Wildman–Crippen MR) is 219 cm³/mol. The fourth-order valence-electron chi connectivity index (χ4n) is 8.66. The van der Waals surface area contributed by atoms with Gasteiger partial charge in [0, 0.05) is 44.7 Å². The average Bonchev–Trinajstić information content (AvgIpc) is 3.94. The van der Waals surface area contributed by atoms with E-state index in [-0.39, 0.29) is 35.8 Å². The number of nitrogens with one attached hydrogen (secondary N) is 1. The molecule has 1 N–H and O–H groups in total. The molecule has 2 unspecified atom stereocenters. The lowest BCUT2D eigenvalue weighted by Crippen LogP contribution is -2.59. The fourth-order valence-corrected chi connectivity index (χ4v) is 8.95. The molecule has 0 aliphatic carbocycles. The number of amides is 2. The van der Waals surface area contributed by atoms with E-state index < -0.39 is 5.41 Å². The Bertz CT molecular complexity index is 1970. The Labute approximate surface area is 343 Å². The first-order chi connectivity index (χ1) is 27.6. The lowest BCUT2D eigenvalue weighted by Gasteiger charge is -2.43. The van der Waals surface area contributed by atoms with Crippen molar-refractivity contribution in [3.05, 3.63) is 99.0 Å². The van der Waals surface area contributed by atoms with E-state index in [1.54, 1.807) is 19.4 Å². The molecule has 2 atom stereocenters. The van der Waals surface area contributed by atoms with E-state index in [2.05, 4.69) is 42.8 Å². The highest BCUT2D eigenvalue weighted by molar-refractivity contribution is 6.42. The van der Waals surface area contributed by atoms with Gasteiger partial charge in [-0.15, -0.1) is 5.10 Å². The summed E-state index contributed by atoms with van der Waals surface area (Å²) < 4.78 is 10.8. The summed E-state index contributed by atoms with van der Waals surface area (Å²) in [6, 6.07) is 21.1. The maximum absolute atomic E-state index is 14.3. The maximum Gasteiger partial charge on any atom is 0.320 e. The number of ether oxygens (including phenoxy) is 2. The van der Waals surface area contributed by atoms with Gasteiger partial charge < -0.3 is 19.3 Å². The molecule has 0 saturated carbocycles. The van der Waals surface area contributed by atoms with Gasteiger partial charge in [-0.05, 0) is 98.4 Å². The van der Waals surface area contributed by atoms with Crippen molar-refractivity contribution in [3.8, 4) is 5.75 Å². The first kappa shape index (κ1) is 40.8. The summed E-state index contributed by atoms with van der Waals surface area (Å²) in [4.78, 5) is 47.0. The van der Waals surface area contributed by atoms with Crippen molar-refractivity contribution < 1.29 is 23.9 Å². The molecular weight excluding hydrogens is 767 g/mol. The summed E-state index contributed by atoms with van der Waals surface area (Å²) in [7, 11) is 1.57. The Hall–Kier alpha value is -4.40. The molecule has 7 rings (SSSR count). The molecule has 4 aliphatic heterocycles. The van der Waals surface area contributed by atoms with Crippen LogP contribution in [0.1, 0.15) is 65.7 Å². The number of methoxy groups -OCH3 is 1. The lowest BCUT2D eigenvalue weighted by molar-refractivity contribution is -0.145. The smallest absolute Gasteiger partial charge is 0.320 e. The number of halogens is 2. The molecule has 13 nitrogen and oxygen atoms in total. The Morgan fingerprint density at radius 2 is 1.63 bits per heavy atom. The Kier molecular flexibility index (Phi) is 12.9. The second kappa shape index (κ2) is 18.0. The van der Waals surface area contributed by atoms with E-state index >= 15 is 0 Å². The molecule has 0 bridgehead atoms. The molecule has 2 amide bonds. The number of likely N-dealkylation sites (tertiary alicyclic amines) is 2. The highest BCUT2D eigenvalue weighted by atomic mass is 35.5. The molecule has 0 radical (unpaired) electrons. The fraction of sp³-hybridized carbons (Fsp3) is 0.476. The highest BCUT2D eigenvalue weighted by Gasteiger charge is 2.46. The SMILES string of the molecule is CCOC(=O)CN1CCN(NC(=O)C2(c3ccccc3)CCN(CCC3(c4ccc(Cl)c(Cl)c4)CCN(C(=O)c4cc(C5C=NN=N5)ccc4OC)C3)CC2)CC1. The van der Waals surface area contributed by atoms with Crippen LogP contribution < -0.4 is 10.2 Å². The molecule has 4 aliphatic rings. The third-order valence-corrected chi connectivity index (χ3v) is 12.8. The van der Waals surface area contributed by atoms with Gasteiger partial charge in [0.1, 0.15) is 11.8 Å². The molecule has 3 aromatic rings. The van der Waals surface area contributed by atoms with E-state index in [1.165, 1.54) is 0 Å². The molecular formula is C42H50Cl2N8O5. The predicted octanol–water partition coefficient (Wildman–Crippen LogP) is 5.91. The topological polar surface area (TPSA) is 132 Å². The number of hydrogen-bond donors (Lipinski definition) is 1. The van der Waals surface area contributed by atoms with Gasteiger partial charge in [-0.2, -0.15) is 5.11 Å². The molecule has 3 aromatic carbocycles. The van der Waals surface area contributed by atoms with Crippen LogP contribution in [0.5, 0.6) is 5.75 Å². The zero-order valence-electron chi connectivity index (χ0n) is 32.5. The van der Waals surface area contributed by atoms with Gasteiger partial charge in [-0.1, -0.05) is 65.7 Å². The van der Waals surface area contributed by atoms with Crippen LogP contribution in [-0.2, 0) is 25.2 Å². The first-order valence-corrected chi connectivity index (χ1v) is 20.5. The minimum Gasteiger partial charge on any atom is -0.496 e. The minimum absolute atomic E-state index is 0.00666.